The van der Waals surface area contributed by atoms with Gasteiger partial charge < -0.3 is 20.4 Å². The van der Waals surface area contributed by atoms with Crippen molar-refractivity contribution in [3.8, 4) is 22.5 Å². The quantitative estimate of drug-likeness (QED) is 0.125. The fraction of sp³-hybridized carbons (Fsp3) is 0.286. The minimum Gasteiger partial charge on any atom is -0.336 e. The van der Waals surface area contributed by atoms with Crippen LogP contribution in [0.25, 0.3) is 42.9 Å². The monoisotopic (exact) mass is 976 g/mol. The van der Waals surface area contributed by atoms with E-state index in [9.17, 15) is 23.2 Å². The lowest BCUT2D eigenvalue weighted by Gasteiger charge is -2.44. The molecule has 0 spiro atoms. The molecule has 2 saturated heterocycles. The van der Waals surface area contributed by atoms with Gasteiger partial charge in [-0.15, -0.1) is 22.7 Å². The first-order valence-electron chi connectivity index (χ1n) is 22.9. The second-order valence-corrected chi connectivity index (χ2v) is 19.7. The van der Waals surface area contributed by atoms with Crippen LogP contribution < -0.4 is 10.6 Å². The van der Waals surface area contributed by atoms with E-state index in [1.54, 1.807) is 69.4 Å². The number of thiazole rings is 2. The summed E-state index contributed by atoms with van der Waals surface area (Å²) in [5.74, 6) is -0.00336. The average molecular weight is 977 g/mol. The largest absolute Gasteiger partial charge is 0.336 e. The number of amides is 2. The smallest absolute Gasteiger partial charge is 0.255 e. The second kappa shape index (κ2) is 17.6. The number of nitrogens with zero attached hydrogens (tertiary/aromatic N) is 12. The Labute approximate surface area is 406 Å². The van der Waals surface area contributed by atoms with Crippen molar-refractivity contribution in [1.82, 2.24) is 59.5 Å². The highest BCUT2D eigenvalue weighted by atomic mass is 32.1. The van der Waals surface area contributed by atoms with Crippen LogP contribution in [0.15, 0.2) is 96.5 Å². The zero-order chi connectivity index (χ0) is 47.6. The molecule has 2 aromatic carbocycles. The van der Waals surface area contributed by atoms with Crippen molar-refractivity contribution >= 4 is 84.2 Å². The summed E-state index contributed by atoms with van der Waals surface area (Å²) >= 11 is 3.01. The van der Waals surface area contributed by atoms with Crippen LogP contribution in [0.2, 0.25) is 0 Å². The molecule has 17 nitrogen and oxygen atoms in total. The van der Waals surface area contributed by atoms with Crippen molar-refractivity contribution in [3.63, 3.8) is 0 Å². The number of benzene rings is 2. The summed E-state index contributed by atoms with van der Waals surface area (Å²) in [6.45, 7) is 4.30. The minimum absolute atomic E-state index is 0.138. The third-order valence-corrected chi connectivity index (χ3v) is 15.5. The molecule has 2 aliphatic carbocycles. The number of fused-ring (bicyclic) bond motifs is 2. The number of hydrogen-bond donors (Lipinski definition) is 2. The lowest BCUT2D eigenvalue weighted by atomic mass is 9.96. The number of rotatable bonds is 12. The van der Waals surface area contributed by atoms with Gasteiger partial charge in [0.25, 0.3) is 11.8 Å². The molecular weight excluding hydrogens is 935 g/mol. The molecule has 2 amide bonds. The first-order chi connectivity index (χ1) is 34.1. The average Bonchev–Trinajstić information content (AvgIpc) is 4.29. The summed E-state index contributed by atoms with van der Waals surface area (Å²) in [6, 6.07) is 17.7. The van der Waals surface area contributed by atoms with Crippen LogP contribution in [0.1, 0.15) is 46.4 Å². The number of carbonyl (C=O) groups excluding carboxylic acids is 3. The minimum atomic E-state index is -0.561. The molecule has 352 valence electrons. The Balaban J connectivity index is 0.624. The molecule has 8 heterocycles. The van der Waals surface area contributed by atoms with Crippen molar-refractivity contribution in [3.05, 3.63) is 119 Å². The molecule has 0 atom stereocenters. The molecule has 6 aromatic heterocycles. The molecule has 2 saturated carbocycles. The van der Waals surface area contributed by atoms with Gasteiger partial charge in [-0.3, -0.25) is 24.2 Å². The maximum absolute atomic E-state index is 14.8. The summed E-state index contributed by atoms with van der Waals surface area (Å²) < 4.78 is 31.6. The molecule has 4 aliphatic rings. The number of hydrogen-bond acceptors (Lipinski definition) is 17. The van der Waals surface area contributed by atoms with E-state index < -0.39 is 22.7 Å². The van der Waals surface area contributed by atoms with Crippen LogP contribution in [0, 0.1) is 11.6 Å². The van der Waals surface area contributed by atoms with E-state index in [0.29, 0.717) is 86.2 Å². The molecule has 8 aromatic rings. The van der Waals surface area contributed by atoms with Crippen LogP contribution in [-0.2, 0) is 4.79 Å². The van der Waals surface area contributed by atoms with Gasteiger partial charge in [0.1, 0.15) is 23.0 Å². The summed E-state index contributed by atoms with van der Waals surface area (Å²) in [5, 5.41) is 6.03. The Morgan fingerprint density at radius 2 is 0.943 bits per heavy atom. The molecular formula is C49H42F2N14O3S2. The number of ketones is 1. The number of Topliss-reactive ketones (excluding diaryl/α,β-unsaturated/α-hetero) is 1. The van der Waals surface area contributed by atoms with Gasteiger partial charge in [-0.1, -0.05) is 12.1 Å². The molecule has 0 bridgehead atoms. The third kappa shape index (κ3) is 8.16. The summed E-state index contributed by atoms with van der Waals surface area (Å²) in [6.07, 6.45) is 8.43. The van der Waals surface area contributed by atoms with E-state index in [4.69, 9.17) is 0 Å². The Morgan fingerprint density at radius 1 is 0.514 bits per heavy atom. The molecule has 21 heteroatoms. The molecule has 70 heavy (non-hydrogen) atoms. The SMILES string of the molecule is O=C(c1ccc(Nc2ncc(F)c(-c3ccc4scnc4c3)n2)nc1)N1CCN(C2(C(=O)C3(N4CCN(C(=O)c5ccc(Nc6ncc(F)c(-c7ccc8scnc8c7)n6)nc5)CC4)CC3)CC2)CC1. The van der Waals surface area contributed by atoms with E-state index in [-0.39, 0.29) is 40.9 Å². The number of halogens is 2. The van der Waals surface area contributed by atoms with Crippen molar-refractivity contribution in [2.24, 2.45) is 0 Å². The van der Waals surface area contributed by atoms with Gasteiger partial charge in [-0.2, -0.15) is 0 Å². The second-order valence-electron chi connectivity index (χ2n) is 17.9. The Morgan fingerprint density at radius 3 is 1.33 bits per heavy atom. The predicted molar refractivity (Wildman–Crippen MR) is 260 cm³/mol. The highest BCUT2D eigenvalue weighted by Crippen LogP contribution is 2.54. The first-order valence-corrected chi connectivity index (χ1v) is 24.7. The number of pyridine rings is 2. The van der Waals surface area contributed by atoms with E-state index in [0.717, 1.165) is 58.5 Å². The van der Waals surface area contributed by atoms with Crippen molar-refractivity contribution in [2.45, 2.75) is 36.8 Å². The highest BCUT2D eigenvalue weighted by molar-refractivity contribution is 7.17. The van der Waals surface area contributed by atoms with Crippen LogP contribution in [0.5, 0.6) is 0 Å². The predicted octanol–water partition coefficient (Wildman–Crippen LogP) is 7.23. The maximum Gasteiger partial charge on any atom is 0.255 e. The number of aromatic nitrogens is 8. The number of carbonyl (C=O) groups is 3. The van der Waals surface area contributed by atoms with Gasteiger partial charge in [0.05, 0.1) is 66.1 Å². The molecule has 0 unspecified atom stereocenters. The number of nitrogens with one attached hydrogen (secondary N) is 2. The zero-order valence-electron chi connectivity index (χ0n) is 37.4. The summed E-state index contributed by atoms with van der Waals surface area (Å²) in [7, 11) is 0. The van der Waals surface area contributed by atoms with Crippen molar-refractivity contribution < 1.29 is 23.2 Å². The van der Waals surface area contributed by atoms with Crippen LogP contribution in [-0.4, -0.2) is 141 Å². The first kappa shape index (κ1) is 43.9. The van der Waals surface area contributed by atoms with E-state index in [2.05, 4.69) is 60.3 Å². The highest BCUT2D eigenvalue weighted by Gasteiger charge is 2.66. The Hall–Kier alpha value is -7.33. The molecule has 2 N–H and O–H groups in total. The van der Waals surface area contributed by atoms with Gasteiger partial charge in [-0.25, -0.2) is 48.7 Å². The maximum atomic E-state index is 14.8. The Kier molecular flexibility index (Phi) is 11.0. The third-order valence-electron chi connectivity index (χ3n) is 13.8. The van der Waals surface area contributed by atoms with Gasteiger partial charge in [0.15, 0.2) is 17.4 Å². The number of piperazine rings is 2. The van der Waals surface area contributed by atoms with Gasteiger partial charge in [0.2, 0.25) is 11.9 Å². The van der Waals surface area contributed by atoms with Gasteiger partial charge in [0, 0.05) is 75.9 Å². The van der Waals surface area contributed by atoms with Crippen molar-refractivity contribution in [1.29, 1.82) is 0 Å². The molecule has 12 rings (SSSR count). The molecule has 2 aliphatic heterocycles. The van der Waals surface area contributed by atoms with Crippen LogP contribution in [0.4, 0.5) is 32.3 Å². The normalized spacial score (nSPS) is 17.7. The Bertz CT molecular complexity index is 3110. The van der Waals surface area contributed by atoms with E-state index in [1.165, 1.54) is 35.1 Å². The van der Waals surface area contributed by atoms with Crippen LogP contribution >= 0.6 is 22.7 Å². The molecule has 4 fully saturated rings. The summed E-state index contributed by atoms with van der Waals surface area (Å²) in [5.41, 5.74) is 6.25. The van der Waals surface area contributed by atoms with Gasteiger partial charge in [-0.05, 0) is 74.2 Å². The standard InChI is InChI=1S/C49H42F2N14O3S2/c50-33-25-54-46(60-41(33)29-1-5-37-35(21-29)56-27-69-37)58-39-7-3-31(23-52-39)43(66)62-13-17-64(18-14-62)48(9-10-48)45(68)49(11-12-49)65-19-15-63(16-20-65)44(67)32-4-8-40(53-24-32)59-47-55-26-34(51)42(61-47)30-2-6-38-36(22-30)57-28-70-38/h1-8,21-28H,9-20H2,(H,52,54,58,60)(H,53,55,59,61). The van der Waals surface area contributed by atoms with Crippen LogP contribution in [0.3, 0.4) is 0 Å². The summed E-state index contributed by atoms with van der Waals surface area (Å²) in [4.78, 5) is 84.5. The lowest BCUT2D eigenvalue weighted by molar-refractivity contribution is -0.134. The van der Waals surface area contributed by atoms with E-state index >= 15 is 0 Å². The lowest BCUT2D eigenvalue weighted by Crippen LogP contribution is -2.62. The zero-order valence-corrected chi connectivity index (χ0v) is 39.0. The van der Waals surface area contributed by atoms with Gasteiger partial charge >= 0.3 is 0 Å². The fourth-order valence-electron chi connectivity index (χ4n) is 9.77. The number of anilines is 4. The molecule has 0 radical (unpaired) electrons. The van der Waals surface area contributed by atoms with Crippen molar-refractivity contribution in [2.75, 3.05) is 63.0 Å². The van der Waals surface area contributed by atoms with E-state index in [1.807, 2.05) is 12.1 Å². The topological polar surface area (TPSA) is 191 Å². The fourth-order valence-corrected chi connectivity index (χ4v) is 11.1.